The standard InChI is InChI=1S/C72H88N6O30/c1-35-23-46(67-99-19-20-100-67)77(31-35)63(86)40-27-50(95-6)52(29-44(40)75-71(92)103-33-38-11-13-48(42(25-38)61(84)73-4)105-69-55(80)37(3)54(79)59(107-69)65(88)89)97-16-9-8-10-17-98-53-30-45(41(28-51(53)96-7)64(87)78-32-36(2)24-47(78)68-101-21-22-102-68)76-72(93)104-34-39-12-14-49(43(26-39)62(85)74-15-18-94-5)106-70-58(83)56(81)57(82)60(108-70)66(90)91/h11-14,25-30,37,46-47,54-60,67-70,79-83H,1-2,8-10,15-24,31-34H2,3-7H3,(H,73,84)(H,74,85)(H,75,92)(H,76,93)(H,88,89)(H,90,91)/t37-,46-,47-,54-,55+,56-,57-,58+,59-,60-,69+,70+/m0/s1. The molecule has 11 N–H and O–H groups in total. The van der Waals surface area contributed by atoms with E-state index in [1.54, 1.807) is 0 Å². The Bertz CT molecular complexity index is 3960. The fraction of sp³-hybridized carbons (Fsp3) is 0.500. The second-order valence-electron chi connectivity index (χ2n) is 25.9. The average Bonchev–Trinajstić information content (AvgIpc) is 1.58. The number of methoxy groups -OCH3 is 3. The van der Waals surface area contributed by atoms with E-state index in [1.165, 1.54) is 106 Å². The molecule has 0 saturated carbocycles. The van der Waals surface area contributed by atoms with Crippen LogP contribution in [0.2, 0.25) is 0 Å². The molecule has 108 heavy (non-hydrogen) atoms. The number of aliphatic hydroxyl groups is 5. The number of aliphatic carboxylic acids is 2. The zero-order valence-corrected chi connectivity index (χ0v) is 59.7. The number of carboxylic acids is 2. The number of nitrogens with one attached hydrogen (secondary N) is 4. The van der Waals surface area contributed by atoms with Gasteiger partial charge in [-0.1, -0.05) is 43.4 Å². The molecule has 36 heteroatoms. The van der Waals surface area contributed by atoms with Crippen LogP contribution in [0.5, 0.6) is 34.5 Å². The van der Waals surface area contributed by atoms with Gasteiger partial charge in [0.1, 0.15) is 49.1 Å². The summed E-state index contributed by atoms with van der Waals surface area (Å²) in [7, 11) is 5.50. The lowest BCUT2D eigenvalue weighted by molar-refractivity contribution is -0.271. The third-order valence-electron chi connectivity index (χ3n) is 18.5. The number of benzene rings is 4. The van der Waals surface area contributed by atoms with Crippen LogP contribution in [0, 0.1) is 5.92 Å². The van der Waals surface area contributed by atoms with Crippen LogP contribution in [-0.2, 0) is 65.4 Å². The Labute approximate surface area is 618 Å². The van der Waals surface area contributed by atoms with Gasteiger partial charge in [0.15, 0.2) is 47.8 Å². The summed E-state index contributed by atoms with van der Waals surface area (Å²) in [6.45, 7) is 10.5. The predicted octanol–water partition coefficient (Wildman–Crippen LogP) is 2.67. The molecule has 6 amide bonds. The van der Waals surface area contributed by atoms with Crippen LogP contribution in [0.15, 0.2) is 85.0 Å². The van der Waals surface area contributed by atoms with Crippen LogP contribution in [0.1, 0.15) is 91.6 Å². The van der Waals surface area contributed by atoms with Gasteiger partial charge in [-0.3, -0.25) is 29.8 Å². The number of ether oxygens (including phenoxy) is 15. The Morgan fingerprint density at radius 3 is 1.40 bits per heavy atom. The molecule has 4 aromatic rings. The number of unbranched alkanes of at least 4 members (excludes halogenated alkanes) is 2. The van der Waals surface area contributed by atoms with Gasteiger partial charge in [0.05, 0.1) is 112 Å². The minimum absolute atomic E-state index is 0.0228. The molecule has 0 aromatic heterocycles. The van der Waals surface area contributed by atoms with Crippen molar-refractivity contribution in [1.82, 2.24) is 20.4 Å². The summed E-state index contributed by atoms with van der Waals surface area (Å²) in [4.78, 5) is 111. The minimum Gasteiger partial charge on any atom is -0.493 e. The van der Waals surface area contributed by atoms with Crippen molar-refractivity contribution >= 4 is 59.1 Å². The number of carboxylic acid groups (broad SMARTS) is 2. The number of nitrogens with zero attached hydrogens (tertiary/aromatic N) is 2. The number of hydrogen-bond donors (Lipinski definition) is 11. The molecule has 10 rings (SSSR count). The molecule has 0 unspecified atom stereocenters. The normalized spacial score (nSPS) is 24.4. The average molecular weight is 1520 g/mol. The third kappa shape index (κ3) is 19.1. The summed E-state index contributed by atoms with van der Waals surface area (Å²) in [5.41, 5.74) is 1.45. The number of carbonyl (C=O) groups is 8. The first-order chi connectivity index (χ1) is 51.8. The maximum absolute atomic E-state index is 14.8. The first-order valence-corrected chi connectivity index (χ1v) is 34.6. The molecule has 0 aliphatic carbocycles. The van der Waals surface area contributed by atoms with E-state index in [0.29, 0.717) is 58.5 Å². The summed E-state index contributed by atoms with van der Waals surface area (Å²) in [5, 5.41) is 82.3. The number of rotatable bonds is 31. The van der Waals surface area contributed by atoms with Crippen LogP contribution >= 0.6 is 0 Å². The van der Waals surface area contributed by atoms with Crippen LogP contribution in [0.4, 0.5) is 21.0 Å². The summed E-state index contributed by atoms with van der Waals surface area (Å²) < 4.78 is 85.9. The number of anilines is 2. The predicted molar refractivity (Wildman–Crippen MR) is 371 cm³/mol. The van der Waals surface area contributed by atoms with Crippen molar-refractivity contribution in [3.8, 4) is 34.5 Å². The Morgan fingerprint density at radius 1 is 0.519 bits per heavy atom. The molecule has 0 bridgehead atoms. The van der Waals surface area contributed by atoms with Crippen molar-refractivity contribution in [2.75, 3.05) is 105 Å². The number of likely N-dealkylation sites (tertiary alicyclic amines) is 2. The van der Waals surface area contributed by atoms with Crippen LogP contribution in [0.3, 0.4) is 0 Å². The molecule has 6 heterocycles. The van der Waals surface area contributed by atoms with E-state index in [1.807, 2.05) is 0 Å². The number of amides is 6. The lowest BCUT2D eigenvalue weighted by atomic mass is 9.90. The van der Waals surface area contributed by atoms with Gasteiger partial charge in [-0.05, 0) is 79.6 Å². The first-order valence-electron chi connectivity index (χ1n) is 34.6. The Hall–Kier alpha value is -9.96. The lowest BCUT2D eigenvalue weighted by Gasteiger charge is -2.39. The highest BCUT2D eigenvalue weighted by Gasteiger charge is 2.50. The van der Waals surface area contributed by atoms with Gasteiger partial charge >= 0.3 is 24.1 Å². The highest BCUT2D eigenvalue weighted by Crippen LogP contribution is 2.41. The molecule has 6 aliphatic rings. The Morgan fingerprint density at radius 2 is 0.963 bits per heavy atom. The Balaban J connectivity index is 0.822. The van der Waals surface area contributed by atoms with E-state index < -0.39 is 147 Å². The zero-order valence-electron chi connectivity index (χ0n) is 59.7. The number of aliphatic hydroxyl groups excluding tert-OH is 5. The molecule has 4 aromatic carbocycles. The molecule has 586 valence electrons. The van der Waals surface area contributed by atoms with Crippen LogP contribution in [-0.4, -0.2) is 268 Å². The third-order valence-corrected chi connectivity index (χ3v) is 18.5. The van der Waals surface area contributed by atoms with E-state index in [4.69, 9.17) is 71.1 Å². The molecule has 0 spiro atoms. The topological polar surface area (TPSA) is 471 Å². The quantitative estimate of drug-likeness (QED) is 0.0255. The molecular weight excluding hydrogens is 1430 g/mol. The highest BCUT2D eigenvalue weighted by atomic mass is 16.7. The SMILES string of the molecule is C=C1C[C@@H](C2OCCO2)N(C(=O)c2cc(OC)c(OCCCCCOc3cc(NC(=O)OCc4ccc(O[C@@H]5O[C@H](C(=O)O)[C@@H](O)[C@H](O)[C@H]5O)c(C(=O)NCCOC)c4)c(C(=O)N4CC(=C)C[C@H]4C4OCCO4)cc3OC)cc2NC(=O)OCc2ccc(O[C@@H]3O[C@H](C(=O)O)[C@@H](O)[C@H](C)[C@H]3O)c(C(=O)NC)c2)C1. The van der Waals surface area contributed by atoms with Gasteiger partial charge in [-0.2, -0.15) is 0 Å². The fourth-order valence-electron chi connectivity index (χ4n) is 12.8. The van der Waals surface area contributed by atoms with E-state index in [-0.39, 0.29) is 119 Å². The van der Waals surface area contributed by atoms with Crippen LogP contribution < -0.4 is 49.7 Å². The van der Waals surface area contributed by atoms with Crippen molar-refractivity contribution in [2.45, 2.75) is 132 Å². The van der Waals surface area contributed by atoms with E-state index in [2.05, 4.69) is 34.4 Å². The largest absolute Gasteiger partial charge is 0.493 e. The molecule has 36 nitrogen and oxygen atoms in total. The minimum atomic E-state index is -2.02. The molecular formula is C72H88N6O30. The fourth-order valence-corrected chi connectivity index (χ4v) is 12.8. The van der Waals surface area contributed by atoms with Gasteiger partial charge in [0.25, 0.3) is 23.6 Å². The Kier molecular flexibility index (Phi) is 27.4. The maximum Gasteiger partial charge on any atom is 0.411 e. The van der Waals surface area contributed by atoms with E-state index in [0.717, 1.165) is 11.1 Å². The zero-order chi connectivity index (χ0) is 77.6. The first kappa shape index (κ1) is 80.6. The van der Waals surface area contributed by atoms with Crippen molar-refractivity contribution in [3.05, 3.63) is 118 Å². The van der Waals surface area contributed by atoms with Gasteiger partial charge in [-0.25, -0.2) is 19.2 Å². The second kappa shape index (κ2) is 36.8. The van der Waals surface area contributed by atoms with Gasteiger partial charge in [-0.15, -0.1) is 0 Å². The van der Waals surface area contributed by atoms with E-state index in [9.17, 15) is 74.1 Å². The lowest BCUT2D eigenvalue weighted by Crippen LogP contribution is -2.61. The van der Waals surface area contributed by atoms with Gasteiger partial charge < -0.3 is 127 Å². The van der Waals surface area contributed by atoms with Crippen molar-refractivity contribution in [1.29, 1.82) is 0 Å². The van der Waals surface area contributed by atoms with Crippen molar-refractivity contribution in [2.24, 2.45) is 5.92 Å². The smallest absolute Gasteiger partial charge is 0.411 e. The highest BCUT2D eigenvalue weighted by molar-refractivity contribution is 6.05. The van der Waals surface area contributed by atoms with Gasteiger partial charge in [0, 0.05) is 51.8 Å². The molecule has 6 saturated heterocycles. The monoisotopic (exact) mass is 1520 g/mol. The molecule has 6 fully saturated rings. The molecule has 0 radical (unpaired) electrons. The second-order valence-corrected chi connectivity index (χ2v) is 25.9. The number of hydrogen-bond acceptors (Lipinski definition) is 28. The summed E-state index contributed by atoms with van der Waals surface area (Å²) in [5.74, 6) is -6.58. The maximum atomic E-state index is 14.8. The molecule has 6 aliphatic heterocycles. The molecule has 12 atom stereocenters. The van der Waals surface area contributed by atoms with E-state index >= 15 is 0 Å². The van der Waals surface area contributed by atoms with Crippen LogP contribution in [0.25, 0.3) is 0 Å². The van der Waals surface area contributed by atoms with Gasteiger partial charge in [0.2, 0.25) is 12.6 Å². The summed E-state index contributed by atoms with van der Waals surface area (Å²) >= 11 is 0. The summed E-state index contributed by atoms with van der Waals surface area (Å²) in [6.07, 6.45) is -17.9. The summed E-state index contributed by atoms with van der Waals surface area (Å²) in [6, 6.07) is 12.5. The van der Waals surface area contributed by atoms with Crippen molar-refractivity contribution < 1.29 is 145 Å². The van der Waals surface area contributed by atoms with Crippen molar-refractivity contribution in [3.63, 3.8) is 0 Å². The number of carbonyl (C=O) groups excluding carboxylic acids is 6.